The highest BCUT2D eigenvalue weighted by molar-refractivity contribution is 6.56. The Bertz CT molecular complexity index is 299. The molecule has 0 aliphatic rings. The molecule has 0 spiro atoms. The van der Waals surface area contributed by atoms with Crippen LogP contribution in [0.4, 0.5) is 4.39 Å². The van der Waals surface area contributed by atoms with Crippen LogP contribution in [0.1, 0.15) is 0 Å². The van der Waals surface area contributed by atoms with E-state index < -0.39 is 0 Å². The Hall–Kier alpha value is -1.15. The van der Waals surface area contributed by atoms with Crippen molar-refractivity contribution in [2.45, 2.75) is 5.54 Å². The predicted octanol–water partition coefficient (Wildman–Crippen LogP) is 2.32. The van der Waals surface area contributed by atoms with Gasteiger partial charge in [-0.2, -0.15) is 0 Å². The number of rotatable bonds is 4. The molecule has 0 saturated carbocycles. The van der Waals surface area contributed by atoms with Crippen LogP contribution in [-0.2, 0) is 0 Å². The second-order valence-corrected chi connectivity index (χ2v) is 4.18. The van der Waals surface area contributed by atoms with E-state index >= 15 is 0 Å². The smallest absolute Gasteiger partial charge is 0.123 e. The van der Waals surface area contributed by atoms with Gasteiger partial charge >= 0.3 is 0 Å². The van der Waals surface area contributed by atoms with E-state index in [0.29, 0.717) is 9.52 Å². The van der Waals surface area contributed by atoms with Crippen LogP contribution in [0.2, 0.25) is 5.54 Å². The van der Waals surface area contributed by atoms with Crippen molar-refractivity contribution >= 4 is 14.7 Å². The van der Waals surface area contributed by atoms with Crippen LogP contribution in [0.5, 0.6) is 0 Å². The summed E-state index contributed by atoms with van der Waals surface area (Å²) in [5, 5.41) is 1.00. The Balaban J connectivity index is 2.73. The summed E-state index contributed by atoms with van der Waals surface area (Å²) in [5.74, 6) is -0.183. The van der Waals surface area contributed by atoms with E-state index in [-0.39, 0.29) is 11.4 Å². The first-order valence-electron chi connectivity index (χ1n) is 4.03. The number of hydrogen-bond acceptors (Lipinski definition) is 0. The maximum absolute atomic E-state index is 12.8. The molecule has 0 saturated heterocycles. The Morgan fingerprint density at radius 2 is 2.00 bits per heavy atom. The zero-order valence-corrected chi connectivity index (χ0v) is 8.33. The fourth-order valence-corrected chi connectivity index (χ4v) is 2.02. The predicted molar refractivity (Wildman–Crippen MR) is 55.9 cm³/mol. The van der Waals surface area contributed by atoms with Crippen molar-refractivity contribution in [2.75, 3.05) is 0 Å². The van der Waals surface area contributed by atoms with Gasteiger partial charge < -0.3 is 0 Å². The van der Waals surface area contributed by atoms with Crippen LogP contribution in [0.25, 0.3) is 0 Å². The van der Waals surface area contributed by atoms with Gasteiger partial charge in [-0.05, 0) is 17.7 Å². The highest BCUT2D eigenvalue weighted by Crippen LogP contribution is 2.04. The molecule has 0 aliphatic heterocycles. The van der Waals surface area contributed by atoms with E-state index in [4.69, 9.17) is 0 Å². The highest BCUT2D eigenvalue weighted by atomic mass is 28.2. The van der Waals surface area contributed by atoms with Gasteiger partial charge in [0.05, 0.1) is 9.52 Å². The molecule has 1 aromatic carbocycles. The second kappa shape index (κ2) is 4.77. The summed E-state index contributed by atoms with van der Waals surface area (Å²) in [6.45, 7) is 7.38. The first-order valence-corrected chi connectivity index (χ1v) is 5.11. The number of hydrogen-bond donors (Lipinski definition) is 0. The molecule has 0 fully saturated rings. The molecule has 0 nitrogen and oxygen atoms in total. The minimum absolute atomic E-state index is 0.183. The Morgan fingerprint density at radius 1 is 1.31 bits per heavy atom. The number of allylic oxidation sites excluding steroid dienone is 2. The van der Waals surface area contributed by atoms with Gasteiger partial charge in [-0.25, -0.2) is 4.39 Å². The van der Waals surface area contributed by atoms with E-state index in [1.807, 2.05) is 18.2 Å². The molecule has 1 aromatic rings. The molecule has 13 heavy (non-hydrogen) atoms. The first kappa shape index (κ1) is 9.93. The average molecular weight is 190 g/mol. The molecule has 0 amide bonds. The summed E-state index contributed by atoms with van der Waals surface area (Å²) in [6.07, 6.45) is 3.66. The SMILES string of the molecule is C=CC(C=C)[Si]c1cccc(F)c1. The summed E-state index contributed by atoms with van der Waals surface area (Å²) in [7, 11) is 0.516. The summed E-state index contributed by atoms with van der Waals surface area (Å²) in [6, 6.07) is 6.64. The van der Waals surface area contributed by atoms with Crippen LogP contribution in [0.3, 0.4) is 0 Å². The van der Waals surface area contributed by atoms with E-state index in [1.165, 1.54) is 6.07 Å². The van der Waals surface area contributed by atoms with Gasteiger partial charge in [-0.15, -0.1) is 13.2 Å². The fourth-order valence-electron chi connectivity index (χ4n) is 0.985. The third-order valence-electron chi connectivity index (χ3n) is 1.67. The Morgan fingerprint density at radius 3 is 2.54 bits per heavy atom. The third-order valence-corrected chi connectivity index (χ3v) is 3.11. The number of benzene rings is 1. The monoisotopic (exact) mass is 190 g/mol. The van der Waals surface area contributed by atoms with Crippen molar-refractivity contribution in [3.63, 3.8) is 0 Å². The van der Waals surface area contributed by atoms with Gasteiger partial charge in [0.15, 0.2) is 0 Å². The molecule has 1 rings (SSSR count). The van der Waals surface area contributed by atoms with Crippen LogP contribution in [0.15, 0.2) is 49.6 Å². The van der Waals surface area contributed by atoms with Crippen molar-refractivity contribution in [3.05, 3.63) is 55.4 Å². The van der Waals surface area contributed by atoms with E-state index in [0.717, 1.165) is 5.19 Å². The molecule has 2 radical (unpaired) electrons. The minimum Gasteiger partial charge on any atom is -0.207 e. The van der Waals surface area contributed by atoms with Crippen molar-refractivity contribution < 1.29 is 4.39 Å². The maximum Gasteiger partial charge on any atom is 0.123 e. The molecule has 66 valence electrons. The van der Waals surface area contributed by atoms with Crippen molar-refractivity contribution in [2.24, 2.45) is 0 Å². The van der Waals surface area contributed by atoms with E-state index in [1.54, 1.807) is 12.1 Å². The summed E-state index contributed by atoms with van der Waals surface area (Å²) in [5.41, 5.74) is 0.252. The van der Waals surface area contributed by atoms with Crippen molar-refractivity contribution in [1.29, 1.82) is 0 Å². The van der Waals surface area contributed by atoms with E-state index in [2.05, 4.69) is 13.2 Å². The lowest BCUT2D eigenvalue weighted by atomic mass is 10.3. The van der Waals surface area contributed by atoms with Gasteiger partial charge in [0, 0.05) is 0 Å². The summed E-state index contributed by atoms with van der Waals surface area (Å²) >= 11 is 0. The van der Waals surface area contributed by atoms with Gasteiger partial charge in [0.2, 0.25) is 0 Å². The van der Waals surface area contributed by atoms with Crippen molar-refractivity contribution in [1.82, 2.24) is 0 Å². The first-order chi connectivity index (χ1) is 6.26. The summed E-state index contributed by atoms with van der Waals surface area (Å²) < 4.78 is 12.8. The van der Waals surface area contributed by atoms with E-state index in [9.17, 15) is 4.39 Å². The standard InChI is InChI=1S/C11H11FSi/c1-3-10(4-2)13-11-7-5-6-9(12)8-11/h3-8,10H,1-2H2. The zero-order chi connectivity index (χ0) is 9.68. The molecular formula is C11H11FSi. The third kappa shape index (κ3) is 2.99. The van der Waals surface area contributed by atoms with Gasteiger partial charge in [-0.1, -0.05) is 29.5 Å². The van der Waals surface area contributed by atoms with Crippen LogP contribution in [-0.4, -0.2) is 9.52 Å². The molecule has 0 heterocycles. The molecule has 0 atom stereocenters. The molecule has 0 aliphatic carbocycles. The van der Waals surface area contributed by atoms with Gasteiger partial charge in [0.25, 0.3) is 0 Å². The molecule has 2 heteroatoms. The average Bonchev–Trinajstić information content (AvgIpc) is 2.14. The lowest BCUT2D eigenvalue weighted by Crippen LogP contribution is -2.17. The second-order valence-electron chi connectivity index (χ2n) is 2.65. The minimum atomic E-state index is -0.183. The molecular weight excluding hydrogens is 179 g/mol. The molecule has 0 aromatic heterocycles. The van der Waals surface area contributed by atoms with Crippen LogP contribution >= 0.6 is 0 Å². The Labute approximate surface area is 80.6 Å². The summed E-state index contributed by atoms with van der Waals surface area (Å²) in [4.78, 5) is 0. The topological polar surface area (TPSA) is 0 Å². The zero-order valence-electron chi connectivity index (χ0n) is 7.33. The van der Waals surface area contributed by atoms with Gasteiger partial charge in [0.1, 0.15) is 5.82 Å². The lowest BCUT2D eigenvalue weighted by Gasteiger charge is -2.04. The van der Waals surface area contributed by atoms with Gasteiger partial charge in [-0.3, -0.25) is 0 Å². The molecule has 0 unspecified atom stereocenters. The highest BCUT2D eigenvalue weighted by Gasteiger charge is 2.02. The fraction of sp³-hybridized carbons (Fsp3) is 0.0909. The molecule has 0 bridgehead atoms. The largest absolute Gasteiger partial charge is 0.207 e. The Kier molecular flexibility index (Phi) is 3.64. The van der Waals surface area contributed by atoms with Crippen LogP contribution in [0, 0.1) is 5.82 Å². The maximum atomic E-state index is 12.8. The lowest BCUT2D eigenvalue weighted by molar-refractivity contribution is 0.629. The van der Waals surface area contributed by atoms with Crippen molar-refractivity contribution in [3.8, 4) is 0 Å². The quantitative estimate of drug-likeness (QED) is 0.505. The normalized spacial score (nSPS) is 10.0. The molecule has 0 N–H and O–H groups in total. The van der Waals surface area contributed by atoms with Crippen LogP contribution < -0.4 is 5.19 Å². The number of halogens is 1.